The van der Waals surface area contributed by atoms with Gasteiger partial charge in [0.05, 0.1) is 5.69 Å². The second-order valence-corrected chi connectivity index (χ2v) is 3.66. The maximum atomic E-state index is 13.3. The lowest BCUT2D eigenvalue weighted by molar-refractivity contribution is 0.476. The van der Waals surface area contributed by atoms with E-state index in [1.165, 1.54) is 19.1 Å². The highest BCUT2D eigenvalue weighted by Gasteiger charge is 2.10. The number of nitrogens with zero attached hydrogens (tertiary/aromatic N) is 1. The summed E-state index contributed by atoms with van der Waals surface area (Å²) in [4.78, 5) is 15.2. The minimum atomic E-state index is -0.699. The summed E-state index contributed by atoms with van der Waals surface area (Å²) in [5, 5.41) is 2.59. The number of para-hydroxylation sites is 1. The van der Waals surface area contributed by atoms with Crippen LogP contribution in [0.5, 0.6) is 0 Å². The van der Waals surface area contributed by atoms with Crippen molar-refractivity contribution >= 4 is 23.1 Å². The van der Waals surface area contributed by atoms with Crippen molar-refractivity contribution in [3.63, 3.8) is 0 Å². The molecule has 1 heterocycles. The molecule has 0 radical (unpaired) electrons. The van der Waals surface area contributed by atoms with E-state index in [-0.39, 0.29) is 22.4 Å². The summed E-state index contributed by atoms with van der Waals surface area (Å²) >= 11 is 5.71. The van der Waals surface area contributed by atoms with Crippen LogP contribution in [0.1, 0.15) is 5.76 Å². The summed E-state index contributed by atoms with van der Waals surface area (Å²) < 4.78 is 18.1. The van der Waals surface area contributed by atoms with Crippen LogP contribution in [-0.2, 0) is 0 Å². The van der Waals surface area contributed by atoms with Crippen LogP contribution in [0.2, 0.25) is 5.15 Å². The fourth-order valence-electron chi connectivity index (χ4n) is 1.22. The van der Waals surface area contributed by atoms with Gasteiger partial charge >= 0.3 is 5.63 Å². The van der Waals surface area contributed by atoms with E-state index in [0.29, 0.717) is 0 Å². The Morgan fingerprint density at radius 1 is 1.41 bits per heavy atom. The van der Waals surface area contributed by atoms with Gasteiger partial charge in [-0.25, -0.2) is 14.2 Å². The molecule has 2 aromatic rings. The molecular formula is C11H8ClFN2O2. The Labute approximate surface area is 101 Å². The third kappa shape index (κ3) is 2.45. The Hall–Kier alpha value is -1.88. The van der Waals surface area contributed by atoms with Gasteiger partial charge in [0, 0.05) is 0 Å². The Bertz CT molecular complexity index is 613. The van der Waals surface area contributed by atoms with Gasteiger partial charge in [0.2, 0.25) is 5.82 Å². The topological polar surface area (TPSA) is 55.1 Å². The van der Waals surface area contributed by atoms with Crippen LogP contribution in [-0.4, -0.2) is 4.98 Å². The van der Waals surface area contributed by atoms with Crippen molar-refractivity contribution in [2.75, 3.05) is 5.32 Å². The molecule has 1 N–H and O–H groups in total. The smallest absolute Gasteiger partial charge is 0.379 e. The molecule has 1 aromatic carbocycles. The highest BCUT2D eigenvalue weighted by molar-refractivity contribution is 6.30. The maximum Gasteiger partial charge on any atom is 0.379 e. The van der Waals surface area contributed by atoms with Crippen LogP contribution in [0, 0.1) is 12.7 Å². The number of benzene rings is 1. The van der Waals surface area contributed by atoms with Crippen molar-refractivity contribution in [1.82, 2.24) is 4.98 Å². The zero-order chi connectivity index (χ0) is 12.4. The van der Waals surface area contributed by atoms with Crippen molar-refractivity contribution in [3.8, 4) is 0 Å². The average molecular weight is 255 g/mol. The van der Waals surface area contributed by atoms with Crippen molar-refractivity contribution in [3.05, 3.63) is 51.4 Å². The van der Waals surface area contributed by atoms with Gasteiger partial charge in [-0.2, -0.15) is 0 Å². The molecule has 0 atom stereocenters. The van der Waals surface area contributed by atoms with Crippen molar-refractivity contribution < 1.29 is 8.81 Å². The van der Waals surface area contributed by atoms with Crippen LogP contribution in [0.15, 0.2) is 33.5 Å². The average Bonchev–Trinajstić information content (AvgIpc) is 2.29. The lowest BCUT2D eigenvalue weighted by atomic mass is 10.3. The summed E-state index contributed by atoms with van der Waals surface area (Å²) in [5.74, 6) is -0.424. The minimum absolute atomic E-state index is 0.0587. The maximum absolute atomic E-state index is 13.3. The van der Waals surface area contributed by atoms with Crippen molar-refractivity contribution in [2.45, 2.75) is 6.92 Å². The van der Waals surface area contributed by atoms with E-state index in [2.05, 4.69) is 10.3 Å². The quantitative estimate of drug-likeness (QED) is 0.895. The van der Waals surface area contributed by atoms with Crippen molar-refractivity contribution in [1.29, 1.82) is 0 Å². The highest BCUT2D eigenvalue weighted by atomic mass is 35.5. The molecule has 0 bridgehead atoms. The third-order valence-electron chi connectivity index (χ3n) is 2.07. The molecule has 0 spiro atoms. The minimum Gasteiger partial charge on any atom is -0.422 e. The van der Waals surface area contributed by atoms with E-state index >= 15 is 0 Å². The number of hydrogen-bond donors (Lipinski definition) is 1. The molecule has 4 nitrogen and oxygen atoms in total. The van der Waals surface area contributed by atoms with Crippen LogP contribution in [0.25, 0.3) is 0 Å². The molecule has 1 aromatic heterocycles. The Morgan fingerprint density at radius 2 is 2.12 bits per heavy atom. The first-order valence-corrected chi connectivity index (χ1v) is 5.14. The molecule has 0 amide bonds. The molecule has 17 heavy (non-hydrogen) atoms. The number of rotatable bonds is 2. The predicted octanol–water partition coefficient (Wildman–Crippen LogP) is 2.88. The first-order valence-electron chi connectivity index (χ1n) is 4.76. The SMILES string of the molecule is Cc1oc(=O)c(Nc2ccccc2F)nc1Cl. The largest absolute Gasteiger partial charge is 0.422 e. The number of nitrogens with one attached hydrogen (secondary N) is 1. The molecule has 0 unspecified atom stereocenters. The molecule has 0 saturated heterocycles. The van der Waals surface area contributed by atoms with E-state index in [1.807, 2.05) is 0 Å². The number of halogens is 2. The lowest BCUT2D eigenvalue weighted by Crippen LogP contribution is -2.11. The Kier molecular flexibility index (Phi) is 3.10. The molecule has 0 fully saturated rings. The second kappa shape index (κ2) is 4.55. The Morgan fingerprint density at radius 3 is 2.82 bits per heavy atom. The van der Waals surface area contributed by atoms with E-state index in [9.17, 15) is 9.18 Å². The van der Waals surface area contributed by atoms with Gasteiger partial charge in [-0.15, -0.1) is 0 Å². The molecule has 6 heteroatoms. The summed E-state index contributed by atoms with van der Waals surface area (Å²) in [7, 11) is 0. The molecule has 2 rings (SSSR count). The van der Waals surface area contributed by atoms with E-state index in [4.69, 9.17) is 16.0 Å². The van der Waals surface area contributed by atoms with Gasteiger partial charge in [0.1, 0.15) is 11.6 Å². The van der Waals surface area contributed by atoms with Gasteiger partial charge in [-0.05, 0) is 19.1 Å². The highest BCUT2D eigenvalue weighted by Crippen LogP contribution is 2.18. The fourth-order valence-corrected chi connectivity index (χ4v) is 1.34. The zero-order valence-corrected chi connectivity index (χ0v) is 9.58. The Balaban J connectivity index is 2.41. The van der Waals surface area contributed by atoms with E-state index in [0.717, 1.165) is 0 Å². The normalized spacial score (nSPS) is 10.3. The zero-order valence-electron chi connectivity index (χ0n) is 8.83. The van der Waals surface area contributed by atoms with E-state index < -0.39 is 11.4 Å². The molecule has 0 aliphatic rings. The summed E-state index contributed by atoms with van der Waals surface area (Å²) in [6, 6.07) is 5.91. The number of aryl methyl sites for hydroxylation is 1. The van der Waals surface area contributed by atoms with Crippen LogP contribution < -0.4 is 10.9 Å². The fraction of sp³-hybridized carbons (Fsp3) is 0.0909. The van der Waals surface area contributed by atoms with Crippen LogP contribution in [0.3, 0.4) is 0 Å². The molecule has 0 aliphatic carbocycles. The van der Waals surface area contributed by atoms with Gasteiger partial charge in [0.25, 0.3) is 0 Å². The summed E-state index contributed by atoms with van der Waals surface area (Å²) in [5.41, 5.74) is -0.567. The molecule has 0 saturated carbocycles. The first kappa shape index (κ1) is 11.6. The third-order valence-corrected chi connectivity index (χ3v) is 2.42. The van der Waals surface area contributed by atoms with Gasteiger partial charge in [-0.3, -0.25) is 0 Å². The van der Waals surface area contributed by atoms with E-state index in [1.54, 1.807) is 12.1 Å². The summed E-state index contributed by atoms with van der Waals surface area (Å²) in [6.07, 6.45) is 0. The number of anilines is 2. The predicted molar refractivity (Wildman–Crippen MR) is 62.2 cm³/mol. The second-order valence-electron chi connectivity index (χ2n) is 3.30. The lowest BCUT2D eigenvalue weighted by Gasteiger charge is -2.05. The molecular weight excluding hydrogens is 247 g/mol. The van der Waals surface area contributed by atoms with Crippen LogP contribution >= 0.6 is 11.6 Å². The summed E-state index contributed by atoms with van der Waals surface area (Å²) in [6.45, 7) is 1.52. The standard InChI is InChI=1S/C11H8ClFN2O2/c1-6-9(12)15-10(11(16)17-6)14-8-5-3-2-4-7(8)13/h2-5H,1H3,(H,14,15). The monoisotopic (exact) mass is 254 g/mol. The molecule has 0 aliphatic heterocycles. The van der Waals surface area contributed by atoms with Crippen molar-refractivity contribution in [2.24, 2.45) is 0 Å². The van der Waals surface area contributed by atoms with Gasteiger partial charge < -0.3 is 9.73 Å². The molecule has 88 valence electrons. The number of aromatic nitrogens is 1. The number of hydrogen-bond acceptors (Lipinski definition) is 4. The first-order chi connectivity index (χ1) is 8.08. The van der Waals surface area contributed by atoms with Gasteiger partial charge in [0.15, 0.2) is 5.15 Å². The van der Waals surface area contributed by atoms with Crippen LogP contribution in [0.4, 0.5) is 15.9 Å². The van der Waals surface area contributed by atoms with Gasteiger partial charge in [-0.1, -0.05) is 23.7 Å².